The maximum atomic E-state index is 13.7. The van der Waals surface area contributed by atoms with Gasteiger partial charge in [-0.1, -0.05) is 12.1 Å². The normalized spacial score (nSPS) is 12.7. The summed E-state index contributed by atoms with van der Waals surface area (Å²) >= 11 is 0. The van der Waals surface area contributed by atoms with E-state index in [1.807, 2.05) is 0 Å². The fourth-order valence-electron chi connectivity index (χ4n) is 4.14. The Labute approximate surface area is 192 Å². The highest BCUT2D eigenvalue weighted by atomic mass is 19.4. The highest BCUT2D eigenvalue weighted by Crippen LogP contribution is 2.42. The van der Waals surface area contributed by atoms with Gasteiger partial charge in [0.15, 0.2) is 11.5 Å². The Morgan fingerprint density at radius 3 is 2.50 bits per heavy atom. The molecule has 0 unspecified atom stereocenters. The maximum absolute atomic E-state index is 13.7. The van der Waals surface area contributed by atoms with Gasteiger partial charge >= 0.3 is 6.18 Å². The Balaban J connectivity index is 1.48. The maximum Gasteiger partial charge on any atom is 0.435 e. The molecule has 2 aromatic heterocycles. The van der Waals surface area contributed by atoms with Crippen LogP contribution in [0.15, 0.2) is 65.3 Å². The third-order valence-electron chi connectivity index (χ3n) is 5.76. The minimum absolute atomic E-state index is 0.123. The first-order valence-corrected chi connectivity index (χ1v) is 10.5. The molecular weight excluding hydrogens is 447 g/mol. The van der Waals surface area contributed by atoms with Crippen molar-refractivity contribution in [2.75, 3.05) is 5.32 Å². The van der Waals surface area contributed by atoms with Crippen molar-refractivity contribution in [2.24, 2.45) is 0 Å². The lowest BCUT2D eigenvalue weighted by Crippen LogP contribution is -2.12. The number of anilines is 1. The number of fused-ring (bicyclic) bond motifs is 3. The molecule has 0 radical (unpaired) electrons. The molecule has 5 rings (SSSR count). The molecule has 0 saturated heterocycles. The summed E-state index contributed by atoms with van der Waals surface area (Å²) in [4.78, 5) is 24.2. The number of hydrogen-bond donors (Lipinski definition) is 1. The summed E-state index contributed by atoms with van der Waals surface area (Å²) in [5.41, 5.74) is 1.77. The van der Waals surface area contributed by atoms with Gasteiger partial charge in [-0.05, 0) is 55.8 Å². The first-order valence-electron chi connectivity index (χ1n) is 10.5. The number of Topliss-reactive ketones (excluding diaryl/α,β-unsaturated/α-hetero) is 1. The molecule has 0 saturated carbocycles. The van der Waals surface area contributed by atoms with Crippen molar-refractivity contribution in [3.8, 4) is 16.9 Å². The van der Waals surface area contributed by atoms with Crippen LogP contribution in [0.3, 0.4) is 0 Å². The van der Waals surface area contributed by atoms with Crippen LogP contribution in [0.2, 0.25) is 0 Å². The molecule has 1 aliphatic rings. The molecule has 34 heavy (non-hydrogen) atoms. The van der Waals surface area contributed by atoms with Crippen molar-refractivity contribution < 1.29 is 27.2 Å². The molecule has 2 heterocycles. The molecule has 0 aliphatic heterocycles. The van der Waals surface area contributed by atoms with Crippen LogP contribution in [0.1, 0.15) is 44.7 Å². The number of nitrogens with one attached hydrogen (secondary N) is 1. The van der Waals surface area contributed by atoms with Gasteiger partial charge in [-0.2, -0.15) is 18.3 Å². The second-order valence-electron chi connectivity index (χ2n) is 7.98. The monoisotopic (exact) mass is 465 g/mol. The van der Waals surface area contributed by atoms with Crippen LogP contribution in [-0.2, 0) is 19.0 Å². The lowest BCUT2D eigenvalue weighted by atomic mass is 9.94. The quantitative estimate of drug-likeness (QED) is 0.392. The van der Waals surface area contributed by atoms with E-state index in [4.69, 9.17) is 4.42 Å². The average Bonchev–Trinajstić information content (AvgIpc) is 3.43. The smallest absolute Gasteiger partial charge is 0.435 e. The van der Waals surface area contributed by atoms with Gasteiger partial charge in [-0.3, -0.25) is 9.59 Å². The zero-order valence-electron chi connectivity index (χ0n) is 17.9. The second-order valence-corrected chi connectivity index (χ2v) is 7.98. The number of aromatic nitrogens is 2. The van der Waals surface area contributed by atoms with E-state index in [0.29, 0.717) is 45.9 Å². The van der Waals surface area contributed by atoms with Gasteiger partial charge in [-0.15, -0.1) is 0 Å². The Morgan fingerprint density at radius 1 is 1.03 bits per heavy atom. The number of aryl methyl sites for hydroxylation is 1. The van der Waals surface area contributed by atoms with Crippen LogP contribution in [0.4, 0.5) is 18.9 Å². The SMILES string of the molecule is CC(=O)c1cccc(NC(=O)c2ccc(-n3nc(C(F)(F)F)c4c3-c3ccoc3CC4)cc2)c1. The summed E-state index contributed by atoms with van der Waals surface area (Å²) in [7, 11) is 0. The predicted molar refractivity (Wildman–Crippen MR) is 118 cm³/mol. The van der Waals surface area contributed by atoms with Crippen LogP contribution in [0, 0.1) is 0 Å². The number of halogens is 3. The van der Waals surface area contributed by atoms with Crippen molar-refractivity contribution in [1.82, 2.24) is 9.78 Å². The summed E-state index contributed by atoms with van der Waals surface area (Å²) in [6, 6.07) is 14.3. The highest BCUT2D eigenvalue weighted by molar-refractivity contribution is 6.05. The summed E-state index contributed by atoms with van der Waals surface area (Å²) in [6.45, 7) is 1.43. The predicted octanol–water partition coefficient (Wildman–Crippen LogP) is 5.70. The van der Waals surface area contributed by atoms with Crippen LogP contribution in [0.25, 0.3) is 16.9 Å². The number of hydrogen-bond acceptors (Lipinski definition) is 4. The molecule has 0 spiro atoms. The molecular formula is C25H18F3N3O3. The molecule has 6 nitrogen and oxygen atoms in total. The zero-order chi connectivity index (χ0) is 24.0. The fraction of sp³-hybridized carbons (Fsp3) is 0.160. The van der Waals surface area contributed by atoms with Crippen molar-refractivity contribution in [2.45, 2.75) is 25.9 Å². The summed E-state index contributed by atoms with van der Waals surface area (Å²) in [5, 5.41) is 6.62. The number of rotatable bonds is 4. The Kier molecular flexibility index (Phi) is 5.11. The summed E-state index contributed by atoms with van der Waals surface area (Å²) < 4.78 is 47.8. The number of nitrogens with zero attached hydrogens (tertiary/aromatic N) is 2. The van der Waals surface area contributed by atoms with Crippen molar-refractivity contribution in [3.63, 3.8) is 0 Å². The van der Waals surface area contributed by atoms with Crippen molar-refractivity contribution in [3.05, 3.63) is 89.0 Å². The Bertz CT molecular complexity index is 1420. The minimum atomic E-state index is -4.59. The largest absolute Gasteiger partial charge is 0.469 e. The van der Waals surface area contributed by atoms with Crippen LogP contribution >= 0.6 is 0 Å². The lowest BCUT2D eigenvalue weighted by Gasteiger charge is -2.15. The molecule has 172 valence electrons. The zero-order valence-corrected chi connectivity index (χ0v) is 17.9. The van der Waals surface area contributed by atoms with Crippen molar-refractivity contribution in [1.29, 1.82) is 0 Å². The first-order chi connectivity index (χ1) is 16.2. The number of furan rings is 1. The van der Waals surface area contributed by atoms with E-state index in [9.17, 15) is 22.8 Å². The molecule has 0 fully saturated rings. The van der Waals surface area contributed by atoms with E-state index in [1.54, 1.807) is 42.5 Å². The molecule has 9 heteroatoms. The van der Waals surface area contributed by atoms with Gasteiger partial charge in [0.05, 0.1) is 17.6 Å². The van der Waals surface area contributed by atoms with E-state index in [0.717, 1.165) is 0 Å². The summed E-state index contributed by atoms with van der Waals surface area (Å²) in [5.74, 6) is 0.0797. The minimum Gasteiger partial charge on any atom is -0.469 e. The van der Waals surface area contributed by atoms with Gasteiger partial charge < -0.3 is 9.73 Å². The summed E-state index contributed by atoms with van der Waals surface area (Å²) in [6.07, 6.45) is -2.59. The molecule has 1 N–H and O–H groups in total. The molecule has 0 atom stereocenters. The van der Waals surface area contributed by atoms with Gasteiger partial charge in [0, 0.05) is 34.4 Å². The van der Waals surface area contributed by atoms with E-state index in [-0.39, 0.29) is 17.8 Å². The third-order valence-corrected chi connectivity index (χ3v) is 5.76. The molecule has 1 amide bonds. The van der Waals surface area contributed by atoms with E-state index in [2.05, 4.69) is 10.4 Å². The number of benzene rings is 2. The molecule has 4 aromatic rings. The average molecular weight is 465 g/mol. The highest BCUT2D eigenvalue weighted by Gasteiger charge is 2.41. The van der Waals surface area contributed by atoms with Crippen molar-refractivity contribution >= 4 is 17.4 Å². The van der Waals surface area contributed by atoms with Gasteiger partial charge in [-0.25, -0.2) is 4.68 Å². The molecule has 0 bridgehead atoms. The standard InChI is InChI=1S/C25H18F3N3O3/c1-14(32)16-3-2-4-17(13-16)29-24(33)15-5-7-18(8-6-15)31-22-19-11-12-34-21(19)10-9-20(22)23(30-31)25(26,27)28/h2-8,11-13H,9-10H2,1H3,(H,29,33). The van der Waals surface area contributed by atoms with E-state index >= 15 is 0 Å². The first kappa shape index (κ1) is 21.7. The second kappa shape index (κ2) is 8.02. The number of carbonyl (C=O) groups is 2. The van der Waals surface area contributed by atoms with E-state index < -0.39 is 17.8 Å². The van der Waals surface area contributed by atoms with Crippen LogP contribution < -0.4 is 5.32 Å². The topological polar surface area (TPSA) is 77.1 Å². The van der Waals surface area contributed by atoms with E-state index in [1.165, 1.54) is 30.0 Å². The van der Waals surface area contributed by atoms with Gasteiger partial charge in [0.1, 0.15) is 5.76 Å². The fourth-order valence-corrected chi connectivity index (χ4v) is 4.14. The molecule has 1 aliphatic carbocycles. The van der Waals surface area contributed by atoms with Crippen LogP contribution in [0.5, 0.6) is 0 Å². The van der Waals surface area contributed by atoms with Gasteiger partial charge in [0.25, 0.3) is 5.91 Å². The Morgan fingerprint density at radius 2 is 1.79 bits per heavy atom. The molecule has 2 aromatic carbocycles. The number of alkyl halides is 3. The Hall–Kier alpha value is -4.14. The van der Waals surface area contributed by atoms with Crippen LogP contribution in [-0.4, -0.2) is 21.5 Å². The number of ketones is 1. The lowest BCUT2D eigenvalue weighted by molar-refractivity contribution is -0.142. The van der Waals surface area contributed by atoms with Gasteiger partial charge in [0.2, 0.25) is 0 Å². The third kappa shape index (κ3) is 3.79. The number of amides is 1. The number of carbonyl (C=O) groups excluding carboxylic acids is 2.